The third kappa shape index (κ3) is 1.66. The Morgan fingerprint density at radius 2 is 2.00 bits per heavy atom. The number of rotatable bonds is 2. The smallest absolute Gasteiger partial charge is 0.263 e. The summed E-state index contributed by atoms with van der Waals surface area (Å²) in [6, 6.07) is 7.82. The zero-order valence-electron chi connectivity index (χ0n) is 11.6. The van der Waals surface area contributed by atoms with E-state index < -0.39 is 5.92 Å². The molecule has 0 spiro atoms. The number of carbonyl (C=O) groups is 2. The van der Waals surface area contributed by atoms with E-state index in [0.29, 0.717) is 17.7 Å². The van der Waals surface area contributed by atoms with Crippen molar-refractivity contribution >= 4 is 34.5 Å². The lowest BCUT2D eigenvalue weighted by molar-refractivity contribution is -0.123. The number of aryl methyl sites for hydroxylation is 2. The van der Waals surface area contributed by atoms with Crippen LogP contribution in [0.25, 0.3) is 10.9 Å². The average Bonchev–Trinajstić information content (AvgIpc) is 2.87. The van der Waals surface area contributed by atoms with E-state index in [1.54, 1.807) is 6.92 Å². The number of hydrazone groups is 1. The molecule has 1 atom stereocenters. The molecule has 2 aromatic rings. The summed E-state index contributed by atoms with van der Waals surface area (Å²) in [6.45, 7) is 3.73. The minimum atomic E-state index is -0.749. The first-order valence-corrected chi connectivity index (χ1v) is 6.43. The second kappa shape index (κ2) is 4.30. The third-order valence-corrected chi connectivity index (χ3v) is 3.83. The second-order valence-electron chi connectivity index (χ2n) is 5.09. The van der Waals surface area contributed by atoms with Gasteiger partial charge in [-0.15, -0.1) is 0 Å². The molecular weight excluding hydrogens is 254 g/mol. The molecule has 1 aliphatic heterocycles. The average molecular weight is 269 g/mol. The van der Waals surface area contributed by atoms with Crippen LogP contribution in [0.3, 0.4) is 0 Å². The van der Waals surface area contributed by atoms with Gasteiger partial charge in [0, 0.05) is 12.7 Å². The molecule has 1 aliphatic rings. The van der Waals surface area contributed by atoms with E-state index in [2.05, 4.69) is 15.7 Å². The summed E-state index contributed by atoms with van der Waals surface area (Å²) in [5.74, 6) is -1.04. The van der Waals surface area contributed by atoms with Gasteiger partial charge < -0.3 is 9.36 Å². The number of amides is 1. The molecule has 20 heavy (non-hydrogen) atoms. The summed E-state index contributed by atoms with van der Waals surface area (Å²) in [4.78, 5) is 23.1. The van der Waals surface area contributed by atoms with Crippen LogP contribution >= 0.6 is 0 Å². The normalized spacial score (nSPS) is 18.8. The fourth-order valence-electron chi connectivity index (χ4n) is 2.51. The third-order valence-electron chi connectivity index (χ3n) is 3.83. The van der Waals surface area contributed by atoms with Crippen molar-refractivity contribution in [1.29, 1.82) is 0 Å². The summed E-state index contributed by atoms with van der Waals surface area (Å²) in [7, 11) is 1.98. The molecule has 1 aromatic heterocycles. The van der Waals surface area contributed by atoms with E-state index in [4.69, 9.17) is 0 Å². The molecule has 2 heterocycles. The minimum absolute atomic E-state index is 0.289. The highest BCUT2D eigenvalue weighted by atomic mass is 16.2. The highest BCUT2D eigenvalue weighted by Crippen LogP contribution is 2.28. The molecule has 3 rings (SSSR count). The van der Waals surface area contributed by atoms with Gasteiger partial charge in [-0.25, -0.2) is 0 Å². The molecule has 1 aromatic carbocycles. The molecule has 0 radical (unpaired) electrons. The van der Waals surface area contributed by atoms with Crippen LogP contribution in [0.5, 0.6) is 0 Å². The lowest BCUT2D eigenvalue weighted by Gasteiger charge is -2.13. The van der Waals surface area contributed by atoms with Crippen LogP contribution in [-0.4, -0.2) is 22.5 Å². The molecule has 0 bridgehead atoms. The van der Waals surface area contributed by atoms with E-state index >= 15 is 0 Å². The predicted octanol–water partition coefficient (Wildman–Crippen LogP) is 2.02. The highest BCUT2D eigenvalue weighted by molar-refractivity contribution is 6.22. The maximum absolute atomic E-state index is 12.1. The predicted molar refractivity (Wildman–Crippen MR) is 77.8 cm³/mol. The van der Waals surface area contributed by atoms with Crippen molar-refractivity contribution in [3.63, 3.8) is 0 Å². The fraction of sp³-hybridized carbons (Fsp3) is 0.267. The van der Waals surface area contributed by atoms with Gasteiger partial charge in [-0.3, -0.25) is 4.79 Å². The van der Waals surface area contributed by atoms with Gasteiger partial charge in [0.2, 0.25) is 0 Å². The van der Waals surface area contributed by atoms with Crippen LogP contribution in [0.2, 0.25) is 0 Å². The Morgan fingerprint density at radius 1 is 1.25 bits per heavy atom. The Kier molecular flexibility index (Phi) is 2.71. The molecule has 5 nitrogen and oxygen atoms in total. The van der Waals surface area contributed by atoms with Gasteiger partial charge in [0.05, 0.1) is 16.9 Å². The van der Waals surface area contributed by atoms with Gasteiger partial charge in [0.15, 0.2) is 0 Å². The highest BCUT2D eigenvalue weighted by Gasteiger charge is 2.34. The van der Waals surface area contributed by atoms with Crippen molar-refractivity contribution in [2.75, 3.05) is 5.01 Å². The number of hydrogen-bond acceptors (Lipinski definition) is 3. The van der Waals surface area contributed by atoms with Crippen LogP contribution in [0.1, 0.15) is 12.6 Å². The van der Waals surface area contributed by atoms with Gasteiger partial charge >= 0.3 is 0 Å². The second-order valence-corrected chi connectivity index (χ2v) is 5.09. The van der Waals surface area contributed by atoms with E-state index in [1.165, 1.54) is 5.01 Å². The Bertz CT molecular complexity index is 758. The van der Waals surface area contributed by atoms with Crippen molar-refractivity contribution in [3.8, 4) is 0 Å². The SMILES string of the molecule is CC1=NN(c2ccc3cc(C)n(C)c3c2)C(=O)C1C=O. The van der Waals surface area contributed by atoms with Gasteiger partial charge in [-0.2, -0.15) is 10.1 Å². The maximum Gasteiger partial charge on any atom is 0.263 e. The van der Waals surface area contributed by atoms with Crippen LogP contribution in [0, 0.1) is 12.8 Å². The van der Waals surface area contributed by atoms with Crippen molar-refractivity contribution in [1.82, 2.24) is 4.57 Å². The topological polar surface area (TPSA) is 54.7 Å². The zero-order valence-corrected chi connectivity index (χ0v) is 11.6. The first kappa shape index (κ1) is 12.6. The standard InChI is InChI=1S/C15H15N3O2/c1-9-6-11-4-5-12(7-14(11)17(9)3)18-15(20)13(8-19)10(2)16-18/h4-8,13H,1-3H3. The number of aldehydes is 1. The molecular formula is C15H15N3O2. The molecule has 0 fully saturated rings. The fourth-order valence-corrected chi connectivity index (χ4v) is 2.51. The van der Waals surface area contributed by atoms with Gasteiger partial charge in [-0.1, -0.05) is 6.07 Å². The molecule has 0 N–H and O–H groups in total. The first-order chi connectivity index (χ1) is 9.52. The lowest BCUT2D eigenvalue weighted by Crippen LogP contribution is -2.27. The summed E-state index contributed by atoms with van der Waals surface area (Å²) in [6.07, 6.45) is 0.645. The Hall–Kier alpha value is -2.43. The number of aromatic nitrogens is 1. The van der Waals surface area contributed by atoms with Crippen LogP contribution in [0.4, 0.5) is 5.69 Å². The largest absolute Gasteiger partial charge is 0.348 e. The summed E-state index contributed by atoms with van der Waals surface area (Å²) in [5, 5.41) is 6.63. The van der Waals surface area contributed by atoms with E-state index in [1.807, 2.05) is 32.2 Å². The summed E-state index contributed by atoms with van der Waals surface area (Å²) >= 11 is 0. The quantitative estimate of drug-likeness (QED) is 0.618. The maximum atomic E-state index is 12.1. The van der Waals surface area contributed by atoms with Gasteiger partial charge in [-0.05, 0) is 37.4 Å². The number of nitrogens with zero attached hydrogens (tertiary/aromatic N) is 3. The Balaban J connectivity index is 2.09. The number of fused-ring (bicyclic) bond motifs is 1. The molecule has 1 amide bonds. The summed E-state index contributed by atoms with van der Waals surface area (Å²) in [5.41, 5.74) is 3.41. The molecule has 5 heteroatoms. The molecule has 0 aliphatic carbocycles. The minimum Gasteiger partial charge on any atom is -0.348 e. The number of carbonyl (C=O) groups excluding carboxylic acids is 2. The van der Waals surface area contributed by atoms with Gasteiger partial charge in [0.1, 0.15) is 12.2 Å². The molecule has 102 valence electrons. The van der Waals surface area contributed by atoms with Crippen molar-refractivity contribution in [3.05, 3.63) is 30.0 Å². The summed E-state index contributed by atoms with van der Waals surface area (Å²) < 4.78 is 2.06. The van der Waals surface area contributed by atoms with Crippen molar-refractivity contribution in [2.24, 2.45) is 18.1 Å². The first-order valence-electron chi connectivity index (χ1n) is 6.43. The molecule has 1 unspecified atom stereocenters. The number of benzene rings is 1. The zero-order chi connectivity index (χ0) is 14.4. The van der Waals surface area contributed by atoms with Crippen molar-refractivity contribution in [2.45, 2.75) is 13.8 Å². The van der Waals surface area contributed by atoms with Crippen LogP contribution in [0.15, 0.2) is 29.4 Å². The Labute approximate surface area is 116 Å². The van der Waals surface area contributed by atoms with Crippen molar-refractivity contribution < 1.29 is 9.59 Å². The molecule has 0 saturated heterocycles. The Morgan fingerprint density at radius 3 is 2.65 bits per heavy atom. The lowest BCUT2D eigenvalue weighted by atomic mass is 10.1. The van der Waals surface area contributed by atoms with Crippen LogP contribution < -0.4 is 5.01 Å². The molecule has 0 saturated carbocycles. The van der Waals surface area contributed by atoms with Crippen LogP contribution in [-0.2, 0) is 16.6 Å². The van der Waals surface area contributed by atoms with E-state index in [0.717, 1.165) is 16.6 Å². The van der Waals surface area contributed by atoms with Gasteiger partial charge in [0.25, 0.3) is 5.91 Å². The monoisotopic (exact) mass is 269 g/mol. The van der Waals surface area contributed by atoms with E-state index in [9.17, 15) is 9.59 Å². The number of anilines is 1. The number of hydrogen-bond donors (Lipinski definition) is 0. The van der Waals surface area contributed by atoms with E-state index in [-0.39, 0.29) is 5.91 Å².